The standard InChI is InChI=1S/C14H10N2O4/c17-13(11-3-4-12(20-11)14(18)19)8-1-2-9-10(7-8)16-6-5-15-9/h1-7,13,17H,(H,18,19). The summed E-state index contributed by atoms with van der Waals surface area (Å²) in [5, 5.41) is 19.0. The van der Waals surface area contributed by atoms with Gasteiger partial charge in [0.15, 0.2) is 0 Å². The number of rotatable bonds is 3. The lowest BCUT2D eigenvalue weighted by Crippen LogP contribution is -1.99. The predicted molar refractivity (Wildman–Crippen MR) is 69.3 cm³/mol. The molecule has 0 fully saturated rings. The fourth-order valence-corrected chi connectivity index (χ4v) is 1.93. The highest BCUT2D eigenvalue weighted by atomic mass is 16.4. The Morgan fingerprint density at radius 2 is 1.85 bits per heavy atom. The third-order valence-electron chi connectivity index (χ3n) is 2.92. The second-order valence-corrected chi connectivity index (χ2v) is 4.21. The Hall–Kier alpha value is -2.73. The first-order valence-electron chi connectivity index (χ1n) is 5.87. The third kappa shape index (κ3) is 2.12. The molecule has 1 aromatic carbocycles. The van der Waals surface area contributed by atoms with Crippen molar-refractivity contribution in [2.45, 2.75) is 6.10 Å². The van der Waals surface area contributed by atoms with Gasteiger partial charge in [-0.2, -0.15) is 0 Å². The van der Waals surface area contributed by atoms with Crippen molar-refractivity contribution in [1.29, 1.82) is 0 Å². The molecule has 100 valence electrons. The fraction of sp³-hybridized carbons (Fsp3) is 0.0714. The molecule has 0 saturated heterocycles. The molecule has 0 radical (unpaired) electrons. The summed E-state index contributed by atoms with van der Waals surface area (Å²) in [4.78, 5) is 19.0. The van der Waals surface area contributed by atoms with Crippen LogP contribution in [0.5, 0.6) is 0 Å². The molecule has 6 heteroatoms. The minimum atomic E-state index is -1.17. The monoisotopic (exact) mass is 270 g/mol. The number of furan rings is 1. The second-order valence-electron chi connectivity index (χ2n) is 4.21. The summed E-state index contributed by atoms with van der Waals surface area (Å²) in [7, 11) is 0. The summed E-state index contributed by atoms with van der Waals surface area (Å²) in [5.74, 6) is -1.21. The van der Waals surface area contributed by atoms with E-state index >= 15 is 0 Å². The van der Waals surface area contributed by atoms with E-state index in [-0.39, 0.29) is 11.5 Å². The Kier molecular flexibility index (Phi) is 2.92. The summed E-state index contributed by atoms with van der Waals surface area (Å²) in [6, 6.07) is 7.87. The number of aliphatic hydroxyl groups is 1. The van der Waals surface area contributed by atoms with E-state index in [0.717, 1.165) is 0 Å². The van der Waals surface area contributed by atoms with Crippen LogP contribution in [0.1, 0.15) is 28.0 Å². The number of carboxylic acid groups (broad SMARTS) is 1. The summed E-state index contributed by atoms with van der Waals surface area (Å²) >= 11 is 0. The fourth-order valence-electron chi connectivity index (χ4n) is 1.93. The number of hydrogen-bond acceptors (Lipinski definition) is 5. The molecule has 0 aliphatic rings. The van der Waals surface area contributed by atoms with Gasteiger partial charge in [0.2, 0.25) is 5.76 Å². The minimum absolute atomic E-state index is 0.172. The van der Waals surface area contributed by atoms with Gasteiger partial charge in [-0.05, 0) is 29.8 Å². The van der Waals surface area contributed by atoms with Crippen LogP contribution in [0.2, 0.25) is 0 Å². The minimum Gasteiger partial charge on any atom is -0.475 e. The van der Waals surface area contributed by atoms with Gasteiger partial charge >= 0.3 is 5.97 Å². The van der Waals surface area contributed by atoms with Crippen LogP contribution in [-0.4, -0.2) is 26.2 Å². The molecule has 3 aromatic rings. The number of aromatic nitrogens is 2. The van der Waals surface area contributed by atoms with Crippen molar-refractivity contribution in [3.8, 4) is 0 Å². The second kappa shape index (κ2) is 4.75. The largest absolute Gasteiger partial charge is 0.475 e. The average molecular weight is 270 g/mol. The van der Waals surface area contributed by atoms with Crippen LogP contribution in [0, 0.1) is 0 Å². The van der Waals surface area contributed by atoms with Crippen molar-refractivity contribution in [3.05, 3.63) is 59.8 Å². The predicted octanol–water partition coefficient (Wildman–Crippen LogP) is 2.00. The molecule has 20 heavy (non-hydrogen) atoms. The first-order valence-corrected chi connectivity index (χ1v) is 5.87. The third-order valence-corrected chi connectivity index (χ3v) is 2.92. The Balaban J connectivity index is 1.98. The number of hydrogen-bond donors (Lipinski definition) is 2. The van der Waals surface area contributed by atoms with Gasteiger partial charge in [-0.1, -0.05) is 6.07 Å². The quantitative estimate of drug-likeness (QED) is 0.755. The first kappa shape index (κ1) is 12.3. The number of carboxylic acids is 1. The topological polar surface area (TPSA) is 96.5 Å². The summed E-state index contributed by atoms with van der Waals surface area (Å²) < 4.78 is 5.09. The van der Waals surface area contributed by atoms with Crippen molar-refractivity contribution >= 4 is 17.0 Å². The molecule has 0 aliphatic heterocycles. The molecule has 2 aromatic heterocycles. The number of nitrogens with zero attached hydrogens (tertiary/aromatic N) is 2. The lowest BCUT2D eigenvalue weighted by Gasteiger charge is -2.08. The van der Waals surface area contributed by atoms with Gasteiger partial charge in [-0.15, -0.1) is 0 Å². The molecular weight excluding hydrogens is 260 g/mol. The van der Waals surface area contributed by atoms with Gasteiger partial charge in [0.25, 0.3) is 0 Å². The summed E-state index contributed by atoms with van der Waals surface area (Å²) in [6.07, 6.45) is 2.10. The smallest absolute Gasteiger partial charge is 0.371 e. The van der Waals surface area contributed by atoms with Crippen molar-refractivity contribution in [2.75, 3.05) is 0 Å². The zero-order valence-electron chi connectivity index (χ0n) is 10.2. The highest BCUT2D eigenvalue weighted by Crippen LogP contribution is 2.25. The molecule has 0 aliphatic carbocycles. The van der Waals surface area contributed by atoms with Crippen molar-refractivity contribution in [1.82, 2.24) is 9.97 Å². The SMILES string of the molecule is O=C(O)c1ccc(C(O)c2ccc3nccnc3c2)o1. The Morgan fingerprint density at radius 3 is 2.55 bits per heavy atom. The van der Waals surface area contributed by atoms with Crippen LogP contribution in [-0.2, 0) is 0 Å². The maximum absolute atomic E-state index is 10.8. The number of fused-ring (bicyclic) bond motifs is 1. The van der Waals surface area contributed by atoms with Gasteiger partial charge in [-0.3, -0.25) is 9.97 Å². The Bertz CT molecular complexity index is 781. The number of carbonyl (C=O) groups is 1. The van der Waals surface area contributed by atoms with Gasteiger partial charge in [0.05, 0.1) is 11.0 Å². The molecule has 6 nitrogen and oxygen atoms in total. The highest BCUT2D eigenvalue weighted by molar-refractivity contribution is 5.84. The van der Waals surface area contributed by atoms with E-state index in [0.29, 0.717) is 16.6 Å². The molecule has 0 saturated carbocycles. The van der Waals surface area contributed by atoms with Crippen LogP contribution < -0.4 is 0 Å². The summed E-state index contributed by atoms with van der Waals surface area (Å²) in [5.41, 5.74) is 1.92. The van der Waals surface area contributed by atoms with Crippen LogP contribution in [0.3, 0.4) is 0 Å². The van der Waals surface area contributed by atoms with E-state index in [1.54, 1.807) is 30.6 Å². The number of aliphatic hydroxyl groups excluding tert-OH is 1. The number of benzene rings is 1. The van der Waals surface area contributed by atoms with Crippen LogP contribution in [0.4, 0.5) is 0 Å². The highest BCUT2D eigenvalue weighted by Gasteiger charge is 2.17. The van der Waals surface area contributed by atoms with E-state index in [1.165, 1.54) is 12.1 Å². The molecule has 0 spiro atoms. The zero-order valence-corrected chi connectivity index (χ0v) is 10.2. The molecule has 2 heterocycles. The molecule has 0 amide bonds. The zero-order chi connectivity index (χ0) is 14.1. The lowest BCUT2D eigenvalue weighted by molar-refractivity contribution is 0.0655. The van der Waals surface area contributed by atoms with Crippen LogP contribution in [0.25, 0.3) is 11.0 Å². The van der Waals surface area contributed by atoms with Gasteiger partial charge < -0.3 is 14.6 Å². The average Bonchev–Trinajstić information content (AvgIpc) is 2.96. The van der Waals surface area contributed by atoms with Gasteiger partial charge in [0.1, 0.15) is 11.9 Å². The summed E-state index contributed by atoms with van der Waals surface area (Å²) in [6.45, 7) is 0. The van der Waals surface area contributed by atoms with Gasteiger partial charge in [0, 0.05) is 12.4 Å². The Labute approximate surface area is 113 Å². The molecule has 3 rings (SSSR count). The Morgan fingerprint density at radius 1 is 1.10 bits per heavy atom. The van der Waals surface area contributed by atoms with E-state index < -0.39 is 12.1 Å². The van der Waals surface area contributed by atoms with E-state index in [9.17, 15) is 9.90 Å². The van der Waals surface area contributed by atoms with Crippen molar-refractivity contribution in [3.63, 3.8) is 0 Å². The normalized spacial score (nSPS) is 12.4. The molecule has 2 N–H and O–H groups in total. The van der Waals surface area contributed by atoms with Crippen molar-refractivity contribution in [2.24, 2.45) is 0 Å². The molecule has 1 atom stereocenters. The molecular formula is C14H10N2O4. The first-order chi connectivity index (χ1) is 9.65. The number of aromatic carboxylic acids is 1. The maximum Gasteiger partial charge on any atom is 0.371 e. The van der Waals surface area contributed by atoms with E-state index in [1.807, 2.05) is 0 Å². The van der Waals surface area contributed by atoms with Gasteiger partial charge in [-0.25, -0.2) is 4.79 Å². The molecule has 0 bridgehead atoms. The van der Waals surface area contributed by atoms with Crippen molar-refractivity contribution < 1.29 is 19.4 Å². The van der Waals surface area contributed by atoms with E-state index in [2.05, 4.69) is 9.97 Å². The van der Waals surface area contributed by atoms with E-state index in [4.69, 9.17) is 9.52 Å². The van der Waals surface area contributed by atoms with Crippen LogP contribution >= 0.6 is 0 Å². The van der Waals surface area contributed by atoms with Crippen LogP contribution in [0.15, 0.2) is 47.1 Å². The maximum atomic E-state index is 10.8. The lowest BCUT2D eigenvalue weighted by atomic mass is 10.1. The molecule has 1 unspecified atom stereocenters.